The molecule has 7 nitrogen and oxygen atoms in total. The van der Waals surface area contributed by atoms with E-state index in [1.807, 2.05) is 12.1 Å². The molecule has 2 aliphatic heterocycles. The molecule has 0 spiro atoms. The standard InChI is InChI=1S/C15H22N4O3/c1-22-14-4-2-3-13(15(14)19(20)21)18-8-5-12(11-18)17-9-6-16-7-10-17/h2-4,12,16H,5-11H2,1H3. The smallest absolute Gasteiger partial charge is 0.333 e. The van der Waals surface area contributed by atoms with E-state index in [-0.39, 0.29) is 10.6 Å². The van der Waals surface area contributed by atoms with Crippen LogP contribution < -0.4 is 15.0 Å². The van der Waals surface area contributed by atoms with Gasteiger partial charge in [0.2, 0.25) is 0 Å². The summed E-state index contributed by atoms with van der Waals surface area (Å²) in [7, 11) is 1.47. The van der Waals surface area contributed by atoms with E-state index in [0.29, 0.717) is 17.5 Å². The fourth-order valence-electron chi connectivity index (χ4n) is 3.42. The number of ether oxygens (including phenoxy) is 1. The van der Waals surface area contributed by atoms with E-state index in [9.17, 15) is 10.1 Å². The fraction of sp³-hybridized carbons (Fsp3) is 0.600. The molecule has 2 heterocycles. The van der Waals surface area contributed by atoms with E-state index in [4.69, 9.17) is 4.74 Å². The Morgan fingerprint density at radius 2 is 2.09 bits per heavy atom. The van der Waals surface area contributed by atoms with Crippen molar-refractivity contribution >= 4 is 11.4 Å². The van der Waals surface area contributed by atoms with Gasteiger partial charge in [-0.1, -0.05) is 6.07 Å². The number of methoxy groups -OCH3 is 1. The van der Waals surface area contributed by atoms with E-state index < -0.39 is 0 Å². The Kier molecular flexibility index (Phi) is 4.44. The average molecular weight is 306 g/mol. The summed E-state index contributed by atoms with van der Waals surface area (Å²) >= 11 is 0. The van der Waals surface area contributed by atoms with Crippen LogP contribution in [-0.2, 0) is 0 Å². The van der Waals surface area contributed by atoms with Gasteiger partial charge in [-0.05, 0) is 18.6 Å². The SMILES string of the molecule is COc1cccc(N2CCC(N3CCNCC3)C2)c1[N+](=O)[O-]. The molecule has 2 aliphatic rings. The number of piperazine rings is 1. The van der Waals surface area contributed by atoms with Crippen LogP contribution in [0.15, 0.2) is 18.2 Å². The molecule has 0 amide bonds. The maximum Gasteiger partial charge on any atom is 0.333 e. The van der Waals surface area contributed by atoms with Crippen LogP contribution in [0.2, 0.25) is 0 Å². The Bertz CT molecular complexity index is 546. The van der Waals surface area contributed by atoms with Crippen molar-refractivity contribution < 1.29 is 9.66 Å². The first kappa shape index (κ1) is 15.1. The molecule has 1 aromatic rings. The number of nitro benzene ring substituents is 1. The van der Waals surface area contributed by atoms with Crippen LogP contribution in [0.4, 0.5) is 11.4 Å². The predicted octanol–water partition coefficient (Wildman–Crippen LogP) is 1.09. The molecule has 1 unspecified atom stereocenters. The molecule has 2 saturated heterocycles. The van der Waals surface area contributed by atoms with E-state index in [2.05, 4.69) is 15.1 Å². The van der Waals surface area contributed by atoms with Crippen molar-refractivity contribution in [3.8, 4) is 5.75 Å². The highest BCUT2D eigenvalue weighted by atomic mass is 16.6. The molecular formula is C15H22N4O3. The number of benzene rings is 1. The minimum absolute atomic E-state index is 0.0750. The van der Waals surface area contributed by atoms with Crippen LogP contribution in [0.1, 0.15) is 6.42 Å². The van der Waals surface area contributed by atoms with Crippen molar-refractivity contribution in [2.45, 2.75) is 12.5 Å². The quantitative estimate of drug-likeness (QED) is 0.663. The zero-order valence-corrected chi connectivity index (χ0v) is 12.8. The Balaban J connectivity index is 1.79. The molecule has 2 fully saturated rings. The van der Waals surface area contributed by atoms with Gasteiger partial charge in [-0.2, -0.15) is 0 Å². The van der Waals surface area contributed by atoms with Crippen LogP contribution >= 0.6 is 0 Å². The molecule has 0 aliphatic carbocycles. The van der Waals surface area contributed by atoms with Crippen LogP contribution in [-0.4, -0.2) is 62.2 Å². The van der Waals surface area contributed by atoms with Gasteiger partial charge >= 0.3 is 5.69 Å². The summed E-state index contributed by atoms with van der Waals surface area (Å²) in [6, 6.07) is 5.76. The highest BCUT2D eigenvalue weighted by Crippen LogP contribution is 2.38. The van der Waals surface area contributed by atoms with Crippen molar-refractivity contribution in [1.82, 2.24) is 10.2 Å². The normalized spacial score (nSPS) is 22.8. The summed E-state index contributed by atoms with van der Waals surface area (Å²) in [4.78, 5) is 15.7. The molecule has 1 N–H and O–H groups in total. The van der Waals surface area contributed by atoms with Crippen LogP contribution in [0, 0.1) is 10.1 Å². The molecule has 120 valence electrons. The van der Waals surface area contributed by atoms with Crippen molar-refractivity contribution in [2.75, 3.05) is 51.3 Å². The molecule has 0 saturated carbocycles. The van der Waals surface area contributed by atoms with Crippen molar-refractivity contribution in [3.05, 3.63) is 28.3 Å². The van der Waals surface area contributed by atoms with Gasteiger partial charge < -0.3 is 15.0 Å². The van der Waals surface area contributed by atoms with Crippen LogP contribution in [0.5, 0.6) is 5.75 Å². The monoisotopic (exact) mass is 306 g/mol. The van der Waals surface area contributed by atoms with Crippen molar-refractivity contribution in [2.24, 2.45) is 0 Å². The van der Waals surface area contributed by atoms with E-state index >= 15 is 0 Å². The molecule has 7 heteroatoms. The van der Waals surface area contributed by atoms with E-state index in [1.165, 1.54) is 7.11 Å². The number of nitrogens with one attached hydrogen (secondary N) is 1. The zero-order chi connectivity index (χ0) is 15.5. The molecule has 1 aromatic carbocycles. The maximum absolute atomic E-state index is 11.4. The van der Waals surface area contributed by atoms with Crippen molar-refractivity contribution in [3.63, 3.8) is 0 Å². The number of nitrogens with zero attached hydrogens (tertiary/aromatic N) is 3. The van der Waals surface area contributed by atoms with Crippen LogP contribution in [0.25, 0.3) is 0 Å². The zero-order valence-electron chi connectivity index (χ0n) is 12.8. The van der Waals surface area contributed by atoms with Gasteiger partial charge in [-0.15, -0.1) is 0 Å². The minimum atomic E-state index is -0.341. The van der Waals surface area contributed by atoms with Gasteiger partial charge in [0.05, 0.1) is 12.0 Å². The number of nitro groups is 1. The van der Waals surface area contributed by atoms with E-state index in [1.54, 1.807) is 6.07 Å². The highest BCUT2D eigenvalue weighted by Gasteiger charge is 2.32. The van der Waals surface area contributed by atoms with Gasteiger partial charge in [-0.25, -0.2) is 0 Å². The highest BCUT2D eigenvalue weighted by molar-refractivity contribution is 5.70. The molecule has 22 heavy (non-hydrogen) atoms. The molecule has 1 atom stereocenters. The minimum Gasteiger partial charge on any atom is -0.490 e. The molecule has 0 bridgehead atoms. The van der Waals surface area contributed by atoms with Crippen molar-refractivity contribution in [1.29, 1.82) is 0 Å². The molecule has 0 radical (unpaired) electrons. The number of hydrogen-bond donors (Lipinski definition) is 1. The topological polar surface area (TPSA) is 70.9 Å². The second-order valence-corrected chi connectivity index (χ2v) is 5.76. The van der Waals surface area contributed by atoms with Gasteiger partial charge in [0, 0.05) is 45.3 Å². The first-order valence-electron chi connectivity index (χ1n) is 7.72. The van der Waals surface area contributed by atoms with Gasteiger partial charge in [0.15, 0.2) is 5.75 Å². The maximum atomic E-state index is 11.4. The lowest BCUT2D eigenvalue weighted by Gasteiger charge is -2.32. The Hall–Kier alpha value is -1.86. The van der Waals surface area contributed by atoms with E-state index in [0.717, 1.165) is 45.7 Å². The fourth-order valence-corrected chi connectivity index (χ4v) is 3.42. The third kappa shape index (κ3) is 2.86. The number of anilines is 1. The Morgan fingerprint density at radius 3 is 2.77 bits per heavy atom. The summed E-state index contributed by atoms with van der Waals surface area (Å²) in [5.74, 6) is 0.327. The summed E-state index contributed by atoms with van der Waals surface area (Å²) in [5.41, 5.74) is 0.743. The lowest BCUT2D eigenvalue weighted by Crippen LogP contribution is -2.49. The number of hydrogen-bond acceptors (Lipinski definition) is 6. The first-order chi connectivity index (χ1) is 10.7. The first-order valence-corrected chi connectivity index (χ1v) is 7.72. The Labute approximate surface area is 130 Å². The molecular weight excluding hydrogens is 284 g/mol. The summed E-state index contributed by atoms with van der Waals surface area (Å²) in [5, 5.41) is 14.8. The molecule has 3 rings (SSSR count). The molecule has 0 aromatic heterocycles. The summed E-state index contributed by atoms with van der Waals surface area (Å²) in [6.45, 7) is 5.85. The van der Waals surface area contributed by atoms with Gasteiger partial charge in [0.1, 0.15) is 5.69 Å². The number of para-hydroxylation sites is 1. The third-order valence-corrected chi connectivity index (χ3v) is 4.55. The summed E-state index contributed by atoms with van der Waals surface area (Å²) < 4.78 is 5.16. The van der Waals surface area contributed by atoms with Gasteiger partial charge in [0.25, 0.3) is 0 Å². The predicted molar refractivity (Wildman–Crippen MR) is 84.7 cm³/mol. The Morgan fingerprint density at radius 1 is 1.32 bits per heavy atom. The largest absolute Gasteiger partial charge is 0.490 e. The second-order valence-electron chi connectivity index (χ2n) is 5.76. The lowest BCUT2D eigenvalue weighted by molar-refractivity contribution is -0.385. The second kappa shape index (κ2) is 6.50. The van der Waals surface area contributed by atoms with Crippen LogP contribution in [0.3, 0.4) is 0 Å². The lowest BCUT2D eigenvalue weighted by atomic mass is 10.2. The number of rotatable bonds is 4. The average Bonchev–Trinajstić information content (AvgIpc) is 3.04. The third-order valence-electron chi connectivity index (χ3n) is 4.55. The summed E-state index contributed by atoms with van der Waals surface area (Å²) in [6.07, 6.45) is 1.05. The van der Waals surface area contributed by atoms with Gasteiger partial charge in [-0.3, -0.25) is 15.0 Å².